The van der Waals surface area contributed by atoms with Crippen molar-refractivity contribution in [1.82, 2.24) is 0 Å². The van der Waals surface area contributed by atoms with Crippen LogP contribution in [0.1, 0.15) is 0 Å². The van der Waals surface area contributed by atoms with Crippen molar-refractivity contribution in [3.63, 3.8) is 0 Å². The van der Waals surface area contributed by atoms with Crippen molar-refractivity contribution in [2.75, 3.05) is 16.2 Å². The quantitative estimate of drug-likeness (QED) is 0.456. The molecule has 0 aromatic heterocycles. The van der Waals surface area contributed by atoms with Crippen molar-refractivity contribution >= 4 is 33.0 Å². The number of nitrogens with zero attached hydrogens (tertiary/aromatic N) is 2. The highest BCUT2D eigenvalue weighted by molar-refractivity contribution is 7.92. The topological polar surface area (TPSA) is 110 Å². The number of para-hydroxylation sites is 1. The lowest BCUT2D eigenvalue weighted by atomic mass is 10.2. The molecular formula is C20H16FN3O5S. The number of hydrogen-bond acceptors (Lipinski definition) is 5. The van der Waals surface area contributed by atoms with Crippen LogP contribution in [0.5, 0.6) is 0 Å². The Bertz CT molecular complexity index is 1190. The molecule has 0 aliphatic carbocycles. The number of non-ortho nitro benzene ring substituents is 1. The molecule has 30 heavy (non-hydrogen) atoms. The second kappa shape index (κ2) is 8.70. The van der Waals surface area contributed by atoms with E-state index in [0.29, 0.717) is 4.31 Å². The normalized spacial score (nSPS) is 11.0. The molecule has 0 saturated heterocycles. The summed E-state index contributed by atoms with van der Waals surface area (Å²) in [6.45, 7) is -0.735. The standard InChI is InChI=1S/C20H16FN3O5S/c21-18-11-4-5-12-19(18)23(30(28,29)17-9-2-1-3-10-17)14-20(25)22-15-7-6-8-16(13-15)24(26)27/h1-13H,14H2,(H,22,25). The summed E-state index contributed by atoms with van der Waals surface area (Å²) in [4.78, 5) is 22.7. The van der Waals surface area contributed by atoms with Gasteiger partial charge in [0.1, 0.15) is 12.4 Å². The third-order valence-corrected chi connectivity index (χ3v) is 5.85. The fourth-order valence-electron chi connectivity index (χ4n) is 2.70. The van der Waals surface area contributed by atoms with Gasteiger partial charge < -0.3 is 5.32 Å². The van der Waals surface area contributed by atoms with E-state index < -0.39 is 33.2 Å². The van der Waals surface area contributed by atoms with E-state index in [1.807, 2.05) is 0 Å². The molecule has 0 radical (unpaired) electrons. The van der Waals surface area contributed by atoms with Gasteiger partial charge in [0, 0.05) is 17.8 Å². The first-order valence-electron chi connectivity index (χ1n) is 8.65. The van der Waals surface area contributed by atoms with Gasteiger partial charge in [-0.25, -0.2) is 12.8 Å². The molecule has 8 nitrogen and oxygen atoms in total. The van der Waals surface area contributed by atoms with E-state index in [0.717, 1.165) is 12.1 Å². The summed E-state index contributed by atoms with van der Waals surface area (Å²) in [5.74, 6) is -1.61. The van der Waals surface area contributed by atoms with E-state index >= 15 is 0 Å². The summed E-state index contributed by atoms with van der Waals surface area (Å²) in [7, 11) is -4.26. The Hall–Kier alpha value is -3.79. The van der Waals surface area contributed by atoms with E-state index in [9.17, 15) is 27.7 Å². The van der Waals surface area contributed by atoms with Crippen LogP contribution in [-0.2, 0) is 14.8 Å². The summed E-state index contributed by atoms with van der Waals surface area (Å²) >= 11 is 0. The highest BCUT2D eigenvalue weighted by Crippen LogP contribution is 2.26. The van der Waals surface area contributed by atoms with Gasteiger partial charge in [-0.2, -0.15) is 0 Å². The van der Waals surface area contributed by atoms with E-state index in [2.05, 4.69) is 5.32 Å². The van der Waals surface area contributed by atoms with Gasteiger partial charge in [-0.1, -0.05) is 36.4 Å². The van der Waals surface area contributed by atoms with Crippen LogP contribution in [0, 0.1) is 15.9 Å². The smallest absolute Gasteiger partial charge is 0.271 e. The lowest BCUT2D eigenvalue weighted by Crippen LogP contribution is -2.38. The molecule has 0 fully saturated rings. The van der Waals surface area contributed by atoms with Crippen LogP contribution in [-0.4, -0.2) is 25.8 Å². The Balaban J connectivity index is 1.94. The van der Waals surface area contributed by atoms with Crippen LogP contribution in [0.4, 0.5) is 21.5 Å². The van der Waals surface area contributed by atoms with Gasteiger partial charge in [-0.05, 0) is 30.3 Å². The van der Waals surface area contributed by atoms with Crippen molar-refractivity contribution in [2.45, 2.75) is 4.90 Å². The van der Waals surface area contributed by atoms with Gasteiger partial charge in [-0.15, -0.1) is 0 Å². The molecule has 0 bridgehead atoms. The average molecular weight is 429 g/mol. The monoisotopic (exact) mass is 429 g/mol. The van der Waals surface area contributed by atoms with Gasteiger partial charge in [0.25, 0.3) is 15.7 Å². The average Bonchev–Trinajstić information content (AvgIpc) is 2.73. The molecule has 0 aliphatic heterocycles. The highest BCUT2D eigenvalue weighted by atomic mass is 32.2. The minimum Gasteiger partial charge on any atom is -0.324 e. The number of nitro benzene ring substituents is 1. The summed E-state index contributed by atoms with van der Waals surface area (Å²) in [6.07, 6.45) is 0. The zero-order valence-corrected chi connectivity index (χ0v) is 16.3. The largest absolute Gasteiger partial charge is 0.324 e. The number of nitrogens with one attached hydrogen (secondary N) is 1. The zero-order chi connectivity index (χ0) is 21.7. The number of carbonyl (C=O) groups excluding carboxylic acids is 1. The van der Waals surface area contributed by atoms with Crippen molar-refractivity contribution in [3.8, 4) is 0 Å². The van der Waals surface area contributed by atoms with Crippen LogP contribution in [0.3, 0.4) is 0 Å². The molecule has 3 aromatic rings. The van der Waals surface area contributed by atoms with Gasteiger partial charge in [0.15, 0.2) is 0 Å². The van der Waals surface area contributed by atoms with Crippen molar-refractivity contribution in [1.29, 1.82) is 0 Å². The first-order chi connectivity index (χ1) is 14.3. The number of hydrogen-bond donors (Lipinski definition) is 1. The third kappa shape index (κ3) is 4.61. The number of anilines is 2. The summed E-state index contributed by atoms with van der Waals surface area (Å²) in [5, 5.41) is 13.3. The Morgan fingerprint density at radius 2 is 1.67 bits per heavy atom. The first-order valence-corrected chi connectivity index (χ1v) is 10.1. The Kier molecular flexibility index (Phi) is 6.07. The molecule has 1 amide bonds. The van der Waals surface area contributed by atoms with E-state index in [1.165, 1.54) is 60.7 Å². The molecule has 0 heterocycles. The Morgan fingerprint density at radius 3 is 2.33 bits per heavy atom. The maximum atomic E-state index is 14.4. The van der Waals surface area contributed by atoms with Crippen LogP contribution in [0.2, 0.25) is 0 Å². The Morgan fingerprint density at radius 1 is 1.00 bits per heavy atom. The molecule has 0 unspecified atom stereocenters. The molecule has 3 aromatic carbocycles. The Labute approximate surface area is 171 Å². The van der Waals surface area contributed by atoms with Crippen LogP contribution in [0.15, 0.2) is 83.8 Å². The van der Waals surface area contributed by atoms with Crippen LogP contribution < -0.4 is 9.62 Å². The van der Waals surface area contributed by atoms with E-state index in [1.54, 1.807) is 6.07 Å². The van der Waals surface area contributed by atoms with Gasteiger partial charge in [-0.3, -0.25) is 19.2 Å². The second-order valence-corrected chi connectivity index (χ2v) is 7.99. The van der Waals surface area contributed by atoms with Crippen molar-refractivity contribution in [2.24, 2.45) is 0 Å². The summed E-state index contributed by atoms with van der Waals surface area (Å²) < 4.78 is 41.3. The number of halogens is 1. The number of nitro groups is 1. The fourth-order valence-corrected chi connectivity index (χ4v) is 4.15. The number of carbonyl (C=O) groups is 1. The predicted octanol–water partition coefficient (Wildman–Crippen LogP) is 3.57. The molecular weight excluding hydrogens is 413 g/mol. The van der Waals surface area contributed by atoms with Gasteiger partial charge >= 0.3 is 0 Å². The third-order valence-electron chi connectivity index (χ3n) is 4.08. The number of benzene rings is 3. The maximum absolute atomic E-state index is 14.4. The number of sulfonamides is 1. The fraction of sp³-hybridized carbons (Fsp3) is 0.0500. The minimum absolute atomic E-state index is 0.111. The lowest BCUT2D eigenvalue weighted by Gasteiger charge is -2.24. The summed E-state index contributed by atoms with van der Waals surface area (Å²) in [6, 6.07) is 17.7. The molecule has 0 spiro atoms. The van der Waals surface area contributed by atoms with E-state index in [4.69, 9.17) is 0 Å². The molecule has 0 aliphatic rings. The predicted molar refractivity (Wildman–Crippen MR) is 109 cm³/mol. The SMILES string of the molecule is O=C(CN(c1ccccc1F)S(=O)(=O)c1ccccc1)Nc1cccc([N+](=O)[O-])c1. The van der Waals surface area contributed by atoms with Crippen LogP contribution in [0.25, 0.3) is 0 Å². The zero-order valence-electron chi connectivity index (χ0n) is 15.4. The van der Waals surface area contributed by atoms with Gasteiger partial charge in [0.2, 0.25) is 5.91 Å². The van der Waals surface area contributed by atoms with Crippen LogP contribution >= 0.6 is 0 Å². The molecule has 0 atom stereocenters. The number of rotatable bonds is 7. The van der Waals surface area contributed by atoms with Gasteiger partial charge in [0.05, 0.1) is 15.5 Å². The molecule has 154 valence electrons. The molecule has 1 N–H and O–H groups in total. The summed E-state index contributed by atoms with van der Waals surface area (Å²) in [5.41, 5.74) is -0.425. The lowest BCUT2D eigenvalue weighted by molar-refractivity contribution is -0.384. The highest BCUT2D eigenvalue weighted by Gasteiger charge is 2.29. The maximum Gasteiger partial charge on any atom is 0.271 e. The molecule has 3 rings (SSSR count). The molecule has 10 heteroatoms. The van der Waals surface area contributed by atoms with E-state index in [-0.39, 0.29) is 22.0 Å². The number of amides is 1. The minimum atomic E-state index is -4.26. The second-order valence-electron chi connectivity index (χ2n) is 6.13. The molecule has 0 saturated carbocycles. The van der Waals surface area contributed by atoms with Crippen molar-refractivity contribution in [3.05, 3.63) is 94.8 Å². The first kappa shape index (κ1) is 20.9. The van der Waals surface area contributed by atoms with Crippen molar-refractivity contribution < 1.29 is 22.5 Å².